The Morgan fingerprint density at radius 2 is 1.94 bits per heavy atom. The van der Waals surface area contributed by atoms with Crippen LogP contribution in [0.2, 0.25) is 0 Å². The van der Waals surface area contributed by atoms with Crippen LogP contribution in [-0.4, -0.2) is 26.3 Å². The predicted molar refractivity (Wildman–Crippen MR) is 122 cm³/mol. The second-order valence-corrected chi connectivity index (χ2v) is 8.22. The van der Waals surface area contributed by atoms with E-state index in [0.29, 0.717) is 38.7 Å². The van der Waals surface area contributed by atoms with Crippen LogP contribution in [0.25, 0.3) is 43.8 Å². The first-order valence-corrected chi connectivity index (χ1v) is 10.6. The third kappa shape index (κ3) is 2.76. The zero-order chi connectivity index (χ0) is 21.8. The summed E-state index contributed by atoms with van der Waals surface area (Å²) >= 11 is 0. The van der Waals surface area contributed by atoms with Gasteiger partial charge in [0.15, 0.2) is 0 Å². The van der Waals surface area contributed by atoms with Crippen LogP contribution >= 0.6 is 0 Å². The second-order valence-electron chi connectivity index (χ2n) is 8.22. The van der Waals surface area contributed by atoms with E-state index in [9.17, 15) is 9.18 Å². The van der Waals surface area contributed by atoms with Gasteiger partial charge >= 0.3 is 0 Å². The Kier molecular flexibility index (Phi) is 4.14. The number of H-pyrrole nitrogens is 2. The summed E-state index contributed by atoms with van der Waals surface area (Å²) in [5.74, 6) is 0.229. The molecule has 1 aliphatic carbocycles. The molecule has 0 radical (unpaired) electrons. The lowest BCUT2D eigenvalue weighted by atomic mass is 9.95. The van der Waals surface area contributed by atoms with Crippen LogP contribution < -0.4 is 16.0 Å². The number of ether oxygens (including phenoxy) is 1. The standard InChI is InChI=1S/C24H20FN5O2/c25-17-8-7-13(16-11-28-30-22(16)17)19-15-10-18(32-12-4-1-2-5-12)23-14(6-3-9-27-23)21(15)29-24(31)20(19)26/h3,6-12H,1-2,4-5,26H2,(H,28,30)(H,29,31). The van der Waals surface area contributed by atoms with Gasteiger partial charge in [0.1, 0.15) is 28.3 Å². The lowest BCUT2D eigenvalue weighted by Gasteiger charge is -2.18. The van der Waals surface area contributed by atoms with Crippen molar-refractivity contribution in [1.82, 2.24) is 20.2 Å². The van der Waals surface area contributed by atoms with Gasteiger partial charge in [0, 0.05) is 27.9 Å². The highest BCUT2D eigenvalue weighted by molar-refractivity contribution is 6.15. The highest BCUT2D eigenvalue weighted by Gasteiger charge is 2.22. The zero-order valence-electron chi connectivity index (χ0n) is 17.1. The van der Waals surface area contributed by atoms with Crippen LogP contribution in [0.15, 0.2) is 47.5 Å². The number of pyridine rings is 2. The summed E-state index contributed by atoms with van der Waals surface area (Å²) in [5.41, 5.74) is 8.67. The number of anilines is 1. The summed E-state index contributed by atoms with van der Waals surface area (Å²) in [6, 6.07) is 8.59. The van der Waals surface area contributed by atoms with Gasteiger partial charge in [0.05, 0.1) is 17.8 Å². The normalized spacial score (nSPS) is 14.7. The SMILES string of the molecule is Nc1c(-c2ccc(F)c3[nH]ncc23)c2cc(OC3CCCC3)c3ncccc3c2[nH]c1=O. The number of halogens is 1. The fraction of sp³-hybridized carbons (Fsp3) is 0.208. The molecule has 1 fully saturated rings. The summed E-state index contributed by atoms with van der Waals surface area (Å²) in [6.07, 6.45) is 7.67. The van der Waals surface area contributed by atoms with Crippen LogP contribution in [0, 0.1) is 5.82 Å². The van der Waals surface area contributed by atoms with E-state index in [1.54, 1.807) is 18.5 Å². The fourth-order valence-corrected chi connectivity index (χ4v) is 4.78. The molecule has 6 rings (SSSR count). The van der Waals surface area contributed by atoms with Gasteiger partial charge < -0.3 is 15.5 Å². The van der Waals surface area contributed by atoms with Crippen molar-refractivity contribution in [2.45, 2.75) is 31.8 Å². The van der Waals surface area contributed by atoms with Crippen molar-refractivity contribution in [2.75, 3.05) is 5.73 Å². The highest BCUT2D eigenvalue weighted by atomic mass is 19.1. The van der Waals surface area contributed by atoms with Crippen molar-refractivity contribution in [2.24, 2.45) is 0 Å². The van der Waals surface area contributed by atoms with E-state index in [2.05, 4.69) is 20.2 Å². The molecule has 1 saturated carbocycles. The van der Waals surface area contributed by atoms with E-state index in [1.165, 1.54) is 6.07 Å². The number of rotatable bonds is 3. The zero-order valence-corrected chi connectivity index (χ0v) is 17.1. The van der Waals surface area contributed by atoms with Gasteiger partial charge in [-0.3, -0.25) is 14.9 Å². The molecule has 0 saturated heterocycles. The van der Waals surface area contributed by atoms with E-state index in [1.807, 2.05) is 18.2 Å². The second kappa shape index (κ2) is 7.05. The maximum absolute atomic E-state index is 14.3. The smallest absolute Gasteiger partial charge is 0.272 e. The number of benzene rings is 2. The fourth-order valence-electron chi connectivity index (χ4n) is 4.78. The highest BCUT2D eigenvalue weighted by Crippen LogP contribution is 2.41. The Morgan fingerprint density at radius 3 is 2.78 bits per heavy atom. The number of nitrogens with zero attached hydrogens (tertiary/aromatic N) is 2. The Bertz CT molecular complexity index is 1570. The van der Waals surface area contributed by atoms with E-state index in [0.717, 1.165) is 31.1 Å². The van der Waals surface area contributed by atoms with Gasteiger partial charge in [0.25, 0.3) is 5.56 Å². The van der Waals surface area contributed by atoms with Crippen molar-refractivity contribution in [1.29, 1.82) is 0 Å². The summed E-state index contributed by atoms with van der Waals surface area (Å²) in [5, 5.41) is 8.70. The minimum absolute atomic E-state index is 0.0571. The lowest BCUT2D eigenvalue weighted by Crippen LogP contribution is -2.15. The number of aromatic nitrogens is 4. The van der Waals surface area contributed by atoms with Crippen LogP contribution in [-0.2, 0) is 0 Å². The van der Waals surface area contributed by atoms with Crippen molar-refractivity contribution >= 4 is 38.4 Å². The van der Waals surface area contributed by atoms with Gasteiger partial charge in [-0.2, -0.15) is 5.10 Å². The van der Waals surface area contributed by atoms with Crippen LogP contribution in [0.3, 0.4) is 0 Å². The third-order valence-electron chi connectivity index (χ3n) is 6.31. The Labute approximate surface area is 181 Å². The molecule has 0 spiro atoms. The summed E-state index contributed by atoms with van der Waals surface area (Å²) in [7, 11) is 0. The topological polar surface area (TPSA) is 110 Å². The molecular formula is C24H20FN5O2. The molecule has 160 valence electrons. The average Bonchev–Trinajstić information content (AvgIpc) is 3.49. The molecule has 1 aliphatic rings. The Balaban J connectivity index is 1.72. The van der Waals surface area contributed by atoms with Crippen LogP contribution in [0.4, 0.5) is 10.1 Å². The van der Waals surface area contributed by atoms with Gasteiger partial charge in [-0.1, -0.05) is 6.07 Å². The van der Waals surface area contributed by atoms with E-state index in [-0.39, 0.29) is 17.3 Å². The first-order valence-electron chi connectivity index (χ1n) is 10.6. The molecular weight excluding hydrogens is 409 g/mol. The van der Waals surface area contributed by atoms with Crippen LogP contribution in [0.1, 0.15) is 25.7 Å². The molecule has 3 heterocycles. The van der Waals surface area contributed by atoms with Gasteiger partial charge in [-0.15, -0.1) is 0 Å². The molecule has 8 heteroatoms. The van der Waals surface area contributed by atoms with Crippen molar-refractivity contribution in [3.63, 3.8) is 0 Å². The maximum atomic E-state index is 14.3. The molecule has 32 heavy (non-hydrogen) atoms. The summed E-state index contributed by atoms with van der Waals surface area (Å²) in [6.45, 7) is 0. The maximum Gasteiger partial charge on any atom is 0.272 e. The number of hydrogen-bond acceptors (Lipinski definition) is 5. The van der Waals surface area contributed by atoms with Gasteiger partial charge in [-0.25, -0.2) is 4.39 Å². The van der Waals surface area contributed by atoms with Crippen molar-refractivity contribution in [3.05, 3.63) is 58.9 Å². The minimum Gasteiger partial charge on any atom is -0.488 e. The van der Waals surface area contributed by atoms with Crippen molar-refractivity contribution < 1.29 is 9.13 Å². The number of fused-ring (bicyclic) bond motifs is 4. The van der Waals surface area contributed by atoms with Crippen LogP contribution in [0.5, 0.6) is 5.75 Å². The Hall–Kier alpha value is -3.94. The first kappa shape index (κ1) is 18.8. The molecule has 0 unspecified atom stereocenters. The molecule has 0 atom stereocenters. The largest absolute Gasteiger partial charge is 0.488 e. The molecule has 0 amide bonds. The molecule has 2 aromatic carbocycles. The molecule has 0 aliphatic heterocycles. The quantitative estimate of drug-likeness (QED) is 0.361. The molecule has 7 nitrogen and oxygen atoms in total. The lowest BCUT2D eigenvalue weighted by molar-refractivity contribution is 0.212. The summed E-state index contributed by atoms with van der Waals surface area (Å²) < 4.78 is 20.7. The molecule has 3 aromatic heterocycles. The van der Waals surface area contributed by atoms with E-state index >= 15 is 0 Å². The predicted octanol–water partition coefficient (Wildman–Crippen LogP) is 4.66. The van der Waals surface area contributed by atoms with Gasteiger partial charge in [0.2, 0.25) is 0 Å². The van der Waals surface area contributed by atoms with E-state index in [4.69, 9.17) is 10.5 Å². The number of nitrogens with one attached hydrogen (secondary N) is 2. The van der Waals surface area contributed by atoms with Crippen molar-refractivity contribution in [3.8, 4) is 16.9 Å². The summed E-state index contributed by atoms with van der Waals surface area (Å²) in [4.78, 5) is 20.3. The van der Waals surface area contributed by atoms with Gasteiger partial charge in [-0.05, 0) is 55.5 Å². The average molecular weight is 429 g/mol. The number of hydrogen-bond donors (Lipinski definition) is 3. The molecule has 0 bridgehead atoms. The number of nitrogens with two attached hydrogens (primary N) is 1. The minimum atomic E-state index is -0.422. The first-order chi connectivity index (χ1) is 15.6. The van der Waals surface area contributed by atoms with E-state index < -0.39 is 11.4 Å². The Morgan fingerprint density at radius 1 is 1.09 bits per heavy atom. The third-order valence-corrected chi connectivity index (χ3v) is 6.31. The number of aromatic amines is 2. The molecule has 5 aromatic rings. The number of nitrogen functional groups attached to an aromatic ring is 1. The monoisotopic (exact) mass is 429 g/mol. The molecule has 4 N–H and O–H groups in total.